The van der Waals surface area contributed by atoms with E-state index >= 15 is 0 Å². The molecule has 3 saturated carbocycles. The lowest BCUT2D eigenvalue weighted by atomic mass is 9.46. The molecule has 4 N–H and O–H groups in total. The molecule has 0 aromatic heterocycles. The predicted molar refractivity (Wildman–Crippen MR) is 124 cm³/mol. The van der Waals surface area contributed by atoms with E-state index in [0.717, 1.165) is 51.4 Å². The van der Waals surface area contributed by atoms with Gasteiger partial charge in [-0.05, 0) is 88.4 Å². The Bertz CT molecular complexity index is 773. The van der Waals surface area contributed by atoms with Crippen molar-refractivity contribution in [3.05, 3.63) is 11.6 Å². The number of ether oxygens (including phenoxy) is 2. The van der Waals surface area contributed by atoms with E-state index in [2.05, 4.69) is 19.9 Å². The number of hydrogen-bond acceptors (Lipinski definition) is 6. The van der Waals surface area contributed by atoms with Crippen LogP contribution in [0.1, 0.15) is 85.5 Å². The van der Waals surface area contributed by atoms with E-state index in [1.165, 1.54) is 5.57 Å². The molecular weight excluding hydrogens is 420 g/mol. The first-order chi connectivity index (χ1) is 15.5. The second-order valence-electron chi connectivity index (χ2n) is 12.4. The van der Waals surface area contributed by atoms with Crippen molar-refractivity contribution in [2.24, 2.45) is 28.6 Å². The predicted octanol–water partition coefficient (Wildman–Crippen LogP) is 3.30. The zero-order valence-electron chi connectivity index (χ0n) is 20.7. The highest BCUT2D eigenvalue weighted by atomic mass is 16.7. The monoisotopic (exact) mass is 464 g/mol. The average molecular weight is 465 g/mol. The Hall–Kier alpha value is -0.500. The summed E-state index contributed by atoms with van der Waals surface area (Å²) in [6.07, 6.45) is 6.81. The fraction of sp³-hybridized carbons (Fsp3) is 0.926. The Morgan fingerprint density at radius 3 is 2.52 bits per heavy atom. The maximum absolute atomic E-state index is 12.1. The van der Waals surface area contributed by atoms with Crippen LogP contribution < -0.4 is 0 Å². The van der Waals surface area contributed by atoms with Gasteiger partial charge in [-0.2, -0.15) is 0 Å². The molecule has 188 valence electrons. The molecule has 12 atom stereocenters. The summed E-state index contributed by atoms with van der Waals surface area (Å²) in [7, 11) is 0. The highest BCUT2D eigenvalue weighted by Crippen LogP contribution is 2.67. The van der Waals surface area contributed by atoms with Crippen LogP contribution in [0.5, 0.6) is 0 Å². The maximum atomic E-state index is 12.1. The van der Waals surface area contributed by atoms with Gasteiger partial charge in [0.1, 0.15) is 6.10 Å². The molecule has 33 heavy (non-hydrogen) atoms. The van der Waals surface area contributed by atoms with Crippen molar-refractivity contribution < 1.29 is 29.9 Å². The Morgan fingerprint density at radius 1 is 1.06 bits per heavy atom. The Morgan fingerprint density at radius 2 is 1.79 bits per heavy atom. The first-order valence-corrected chi connectivity index (χ1v) is 13.3. The molecule has 0 aromatic carbocycles. The molecule has 1 aliphatic heterocycles. The van der Waals surface area contributed by atoms with Crippen LogP contribution in [0.25, 0.3) is 0 Å². The summed E-state index contributed by atoms with van der Waals surface area (Å²) in [5, 5.41) is 42.5. The van der Waals surface area contributed by atoms with Gasteiger partial charge in [0.05, 0.1) is 30.0 Å². The average Bonchev–Trinajstić information content (AvgIpc) is 3.04. The fourth-order valence-electron chi connectivity index (χ4n) is 8.81. The first-order valence-electron chi connectivity index (χ1n) is 13.3. The third-order valence-electron chi connectivity index (χ3n) is 11.0. The molecule has 0 bridgehead atoms. The first kappa shape index (κ1) is 24.2. The minimum Gasteiger partial charge on any atom is -0.393 e. The van der Waals surface area contributed by atoms with Gasteiger partial charge >= 0.3 is 0 Å². The second-order valence-corrected chi connectivity index (χ2v) is 12.4. The fourth-order valence-corrected chi connectivity index (χ4v) is 8.81. The van der Waals surface area contributed by atoms with Gasteiger partial charge in [-0.15, -0.1) is 0 Å². The summed E-state index contributed by atoms with van der Waals surface area (Å²) < 4.78 is 12.1. The normalized spacial score (nSPS) is 55.2. The number of aliphatic hydroxyl groups excluding tert-OH is 3. The van der Waals surface area contributed by atoms with Crippen LogP contribution in [0, 0.1) is 28.6 Å². The van der Waals surface area contributed by atoms with E-state index in [1.54, 1.807) is 6.92 Å². The minimum atomic E-state index is -0.941. The summed E-state index contributed by atoms with van der Waals surface area (Å²) in [4.78, 5) is 0. The Kier molecular flexibility index (Phi) is 6.07. The molecule has 1 heterocycles. The number of aliphatic hydroxyl groups is 4. The van der Waals surface area contributed by atoms with Crippen LogP contribution in [0.3, 0.4) is 0 Å². The summed E-state index contributed by atoms with van der Waals surface area (Å²) >= 11 is 0. The molecule has 0 aromatic rings. The van der Waals surface area contributed by atoms with Gasteiger partial charge in [-0.1, -0.05) is 25.5 Å². The van der Waals surface area contributed by atoms with Crippen LogP contribution in [-0.2, 0) is 9.47 Å². The van der Waals surface area contributed by atoms with Crippen molar-refractivity contribution in [1.82, 2.24) is 0 Å². The lowest BCUT2D eigenvalue weighted by molar-refractivity contribution is -0.288. The quantitative estimate of drug-likeness (QED) is 0.479. The molecule has 4 aliphatic carbocycles. The zero-order chi connectivity index (χ0) is 23.8. The molecule has 5 rings (SSSR count). The van der Waals surface area contributed by atoms with Gasteiger partial charge in [0.15, 0.2) is 6.29 Å². The number of allylic oxidation sites excluding steroid dienone is 1. The van der Waals surface area contributed by atoms with Gasteiger partial charge in [0.25, 0.3) is 0 Å². The molecular formula is C27H44O6. The molecule has 0 spiro atoms. The van der Waals surface area contributed by atoms with Crippen LogP contribution in [0.2, 0.25) is 0 Å². The minimum absolute atomic E-state index is 0.186. The number of rotatable bonds is 3. The van der Waals surface area contributed by atoms with Crippen LogP contribution in [0.15, 0.2) is 11.6 Å². The van der Waals surface area contributed by atoms with Crippen LogP contribution in [-0.4, -0.2) is 62.8 Å². The molecule has 5 aliphatic rings. The number of fused-ring (bicyclic) bond motifs is 5. The van der Waals surface area contributed by atoms with Crippen molar-refractivity contribution in [2.45, 2.75) is 128 Å². The van der Waals surface area contributed by atoms with Crippen molar-refractivity contribution in [2.75, 3.05) is 0 Å². The molecule has 6 nitrogen and oxygen atoms in total. The summed E-state index contributed by atoms with van der Waals surface area (Å²) in [6, 6.07) is 0. The van der Waals surface area contributed by atoms with Gasteiger partial charge in [0, 0.05) is 11.8 Å². The highest BCUT2D eigenvalue weighted by Gasteiger charge is 2.65. The smallest absolute Gasteiger partial charge is 0.161 e. The Labute approximate surface area is 198 Å². The SMILES string of the molecule is C[C@H]1O[C@@H](O[C@H](C)[C@@]2(O)CC[C@H]3[C@@H]4CC=C5C[C@H](O)CC[C@]5(C)[C@H]4CC[C@@]32C)C[C@@H](O)[C@@H]1O. The van der Waals surface area contributed by atoms with E-state index in [4.69, 9.17) is 9.47 Å². The molecule has 0 amide bonds. The molecule has 1 saturated heterocycles. The summed E-state index contributed by atoms with van der Waals surface area (Å²) in [5.41, 5.74) is 0.501. The van der Waals surface area contributed by atoms with E-state index < -0.39 is 36.3 Å². The van der Waals surface area contributed by atoms with E-state index in [1.807, 2.05) is 6.92 Å². The van der Waals surface area contributed by atoms with E-state index in [9.17, 15) is 20.4 Å². The molecule has 4 fully saturated rings. The lowest BCUT2D eigenvalue weighted by Crippen LogP contribution is -2.59. The van der Waals surface area contributed by atoms with Crippen molar-refractivity contribution in [1.29, 1.82) is 0 Å². The highest BCUT2D eigenvalue weighted by molar-refractivity contribution is 5.26. The van der Waals surface area contributed by atoms with E-state index in [-0.39, 0.29) is 23.4 Å². The lowest BCUT2D eigenvalue weighted by Gasteiger charge is -2.59. The van der Waals surface area contributed by atoms with Crippen LogP contribution in [0.4, 0.5) is 0 Å². The van der Waals surface area contributed by atoms with Crippen molar-refractivity contribution >= 4 is 0 Å². The van der Waals surface area contributed by atoms with Crippen molar-refractivity contribution in [3.63, 3.8) is 0 Å². The molecule has 0 unspecified atom stereocenters. The number of hydrogen-bond donors (Lipinski definition) is 4. The largest absolute Gasteiger partial charge is 0.393 e. The van der Waals surface area contributed by atoms with Gasteiger partial charge < -0.3 is 29.9 Å². The van der Waals surface area contributed by atoms with Gasteiger partial charge in [-0.25, -0.2) is 0 Å². The van der Waals surface area contributed by atoms with Gasteiger partial charge in [0.2, 0.25) is 0 Å². The summed E-state index contributed by atoms with van der Waals surface area (Å²) in [6.45, 7) is 8.40. The zero-order valence-corrected chi connectivity index (χ0v) is 20.7. The third-order valence-corrected chi connectivity index (χ3v) is 11.0. The maximum Gasteiger partial charge on any atom is 0.161 e. The van der Waals surface area contributed by atoms with E-state index in [0.29, 0.717) is 17.8 Å². The topological polar surface area (TPSA) is 99.4 Å². The Balaban J connectivity index is 1.34. The van der Waals surface area contributed by atoms with Crippen molar-refractivity contribution in [3.8, 4) is 0 Å². The standard InChI is InChI=1S/C27H44O6/c1-15-24(30)22(29)14-23(32-15)33-16(2)27(31)12-9-21-19-6-5-17-13-18(28)7-10-25(17,3)20(19)8-11-26(21,27)4/h5,15-16,18-24,28-31H,6-14H2,1-4H3/t15-,16-,18-,19-,20+,21+,22-,23+,24-,25+,26+,27+/m1/s1. The summed E-state index contributed by atoms with van der Waals surface area (Å²) in [5.74, 6) is 1.64. The van der Waals surface area contributed by atoms with Crippen LogP contribution >= 0.6 is 0 Å². The third kappa shape index (κ3) is 3.58. The second kappa shape index (κ2) is 8.28. The molecule has 0 radical (unpaired) electrons. The molecule has 6 heteroatoms. The van der Waals surface area contributed by atoms with Gasteiger partial charge in [-0.3, -0.25) is 0 Å².